The summed E-state index contributed by atoms with van der Waals surface area (Å²) >= 11 is 0. The fourth-order valence-electron chi connectivity index (χ4n) is 3.58. The van der Waals surface area contributed by atoms with E-state index in [0.717, 1.165) is 0 Å². The van der Waals surface area contributed by atoms with E-state index in [-0.39, 0.29) is 5.56 Å². The molecule has 1 saturated heterocycles. The van der Waals surface area contributed by atoms with E-state index in [0.29, 0.717) is 12.8 Å². The van der Waals surface area contributed by atoms with Crippen molar-refractivity contribution in [3.63, 3.8) is 0 Å². The highest BCUT2D eigenvalue weighted by Crippen LogP contribution is 2.31. The van der Waals surface area contributed by atoms with Crippen LogP contribution in [0, 0.1) is 11.8 Å². The molecular formula is C26H34O9. The zero-order chi connectivity index (χ0) is 26.0. The van der Waals surface area contributed by atoms with Crippen molar-refractivity contribution in [2.24, 2.45) is 11.8 Å². The Kier molecular flexibility index (Phi) is 11.1. The number of aliphatic hydroxyl groups excluding tert-OH is 1. The molecule has 0 amide bonds. The van der Waals surface area contributed by atoms with Gasteiger partial charge in [-0.3, -0.25) is 9.59 Å². The SMILES string of the molecule is C=CC[C@H](C)C(=O)O[C@H]1[C@@H](OC(=O)c2ccccc2)[C@@H](CO)O[C@H](OC)[C@@H]1OC(=O)[C@@H](C)CC=C. The minimum atomic E-state index is -1.31. The summed E-state index contributed by atoms with van der Waals surface area (Å²) in [6.07, 6.45) is -2.30. The highest BCUT2D eigenvalue weighted by atomic mass is 16.7. The standard InChI is InChI=1S/C26H34O9/c1-6-11-16(3)23(28)34-21-20(33-25(30)18-13-9-8-10-14-18)19(15-27)32-26(31-5)22(21)35-24(29)17(4)12-7-2/h6-10,13-14,16-17,19-22,26-27H,1-2,11-12,15H2,3-5H3/t16-,17-,19+,20-,21-,22+,26-/m0/s1. The van der Waals surface area contributed by atoms with Crippen molar-refractivity contribution in [3.05, 3.63) is 61.2 Å². The molecule has 9 nitrogen and oxygen atoms in total. The first-order valence-electron chi connectivity index (χ1n) is 11.4. The van der Waals surface area contributed by atoms with Crippen molar-refractivity contribution < 1.29 is 43.2 Å². The monoisotopic (exact) mass is 490 g/mol. The second kappa shape index (κ2) is 13.8. The van der Waals surface area contributed by atoms with Crippen molar-refractivity contribution in [1.82, 2.24) is 0 Å². The molecule has 2 rings (SSSR count). The van der Waals surface area contributed by atoms with Crippen molar-refractivity contribution >= 4 is 17.9 Å². The Balaban J connectivity index is 2.43. The second-order valence-electron chi connectivity index (χ2n) is 8.35. The van der Waals surface area contributed by atoms with Crippen LogP contribution >= 0.6 is 0 Å². The fraction of sp³-hybridized carbons (Fsp3) is 0.500. The molecular weight excluding hydrogens is 456 g/mol. The number of aliphatic hydroxyl groups is 1. The second-order valence-corrected chi connectivity index (χ2v) is 8.35. The topological polar surface area (TPSA) is 118 Å². The van der Waals surface area contributed by atoms with E-state index in [2.05, 4.69) is 13.2 Å². The van der Waals surface area contributed by atoms with Gasteiger partial charge in [0.05, 0.1) is 24.0 Å². The molecule has 1 aliphatic heterocycles. The lowest BCUT2D eigenvalue weighted by Gasteiger charge is -2.44. The summed E-state index contributed by atoms with van der Waals surface area (Å²) in [6.45, 7) is 10.00. The van der Waals surface area contributed by atoms with Gasteiger partial charge >= 0.3 is 17.9 Å². The molecule has 0 bridgehead atoms. The molecule has 192 valence electrons. The number of allylic oxidation sites excluding steroid dienone is 2. The van der Waals surface area contributed by atoms with Crippen LogP contribution in [0.3, 0.4) is 0 Å². The van der Waals surface area contributed by atoms with Gasteiger partial charge in [0.1, 0.15) is 6.10 Å². The van der Waals surface area contributed by atoms with E-state index < -0.39 is 67.1 Å². The minimum Gasteiger partial charge on any atom is -0.454 e. The molecule has 9 heteroatoms. The zero-order valence-electron chi connectivity index (χ0n) is 20.3. The number of esters is 3. The Bertz CT molecular complexity index is 869. The summed E-state index contributed by atoms with van der Waals surface area (Å²) in [5.74, 6) is -3.05. The number of rotatable bonds is 12. The van der Waals surface area contributed by atoms with Gasteiger partial charge in [-0.05, 0) is 25.0 Å². The van der Waals surface area contributed by atoms with E-state index in [1.165, 1.54) is 7.11 Å². The quantitative estimate of drug-likeness (QED) is 0.268. The number of hydrogen-bond donors (Lipinski definition) is 1. The minimum absolute atomic E-state index is 0.247. The number of hydrogen-bond acceptors (Lipinski definition) is 9. The van der Waals surface area contributed by atoms with E-state index >= 15 is 0 Å². The predicted octanol–water partition coefficient (Wildman–Crippen LogP) is 2.82. The van der Waals surface area contributed by atoms with Crippen molar-refractivity contribution in [1.29, 1.82) is 0 Å². The molecule has 1 aliphatic rings. The van der Waals surface area contributed by atoms with Gasteiger partial charge in [0.25, 0.3) is 0 Å². The average Bonchev–Trinajstić information content (AvgIpc) is 2.86. The Morgan fingerprint density at radius 3 is 1.97 bits per heavy atom. The summed E-state index contributed by atoms with van der Waals surface area (Å²) < 4.78 is 28.2. The summed E-state index contributed by atoms with van der Waals surface area (Å²) in [4.78, 5) is 38.4. The van der Waals surface area contributed by atoms with Crippen molar-refractivity contribution in [2.75, 3.05) is 13.7 Å². The largest absolute Gasteiger partial charge is 0.454 e. The lowest BCUT2D eigenvalue weighted by molar-refractivity contribution is -0.301. The number of methoxy groups -OCH3 is 1. The number of benzene rings is 1. The summed E-state index contributed by atoms with van der Waals surface area (Å²) in [5, 5.41) is 9.99. The Morgan fingerprint density at radius 2 is 1.49 bits per heavy atom. The first kappa shape index (κ1) is 28.2. The van der Waals surface area contributed by atoms with Crippen LogP contribution in [0.15, 0.2) is 55.6 Å². The van der Waals surface area contributed by atoms with Gasteiger partial charge < -0.3 is 28.8 Å². The van der Waals surface area contributed by atoms with Gasteiger partial charge in [0, 0.05) is 7.11 Å². The van der Waals surface area contributed by atoms with Crippen molar-refractivity contribution in [2.45, 2.75) is 57.4 Å². The molecule has 0 saturated carbocycles. The lowest BCUT2D eigenvalue weighted by atomic mass is 9.97. The Morgan fingerprint density at radius 1 is 0.943 bits per heavy atom. The van der Waals surface area contributed by atoms with Gasteiger partial charge in [0.15, 0.2) is 24.6 Å². The molecule has 0 radical (unpaired) electrons. The van der Waals surface area contributed by atoms with Crippen molar-refractivity contribution in [3.8, 4) is 0 Å². The van der Waals surface area contributed by atoms with Crippen LogP contribution < -0.4 is 0 Å². The number of carbonyl (C=O) groups is 3. The van der Waals surface area contributed by atoms with Gasteiger partial charge in [0.2, 0.25) is 0 Å². The fourth-order valence-corrected chi connectivity index (χ4v) is 3.58. The first-order valence-corrected chi connectivity index (χ1v) is 11.4. The third-order valence-electron chi connectivity index (χ3n) is 5.61. The van der Waals surface area contributed by atoms with E-state index in [9.17, 15) is 19.5 Å². The van der Waals surface area contributed by atoms with E-state index in [4.69, 9.17) is 23.7 Å². The maximum absolute atomic E-state index is 12.9. The smallest absolute Gasteiger partial charge is 0.338 e. The maximum Gasteiger partial charge on any atom is 0.338 e. The number of ether oxygens (including phenoxy) is 5. The van der Waals surface area contributed by atoms with Crippen LogP contribution in [0.1, 0.15) is 37.0 Å². The average molecular weight is 491 g/mol. The molecule has 1 N–H and O–H groups in total. The molecule has 0 aliphatic carbocycles. The summed E-state index contributed by atoms with van der Waals surface area (Å²) in [5.41, 5.74) is 0.247. The highest BCUT2D eigenvalue weighted by molar-refractivity contribution is 5.89. The maximum atomic E-state index is 12.9. The van der Waals surface area contributed by atoms with Crippen LogP contribution in [0.25, 0.3) is 0 Å². The van der Waals surface area contributed by atoms with E-state index in [1.54, 1.807) is 56.3 Å². The predicted molar refractivity (Wildman–Crippen MR) is 126 cm³/mol. The Hall–Kier alpha value is -3.01. The van der Waals surface area contributed by atoms with Gasteiger partial charge in [-0.2, -0.15) is 0 Å². The molecule has 7 atom stereocenters. The molecule has 35 heavy (non-hydrogen) atoms. The van der Waals surface area contributed by atoms with Crippen LogP contribution in [-0.4, -0.2) is 67.4 Å². The molecule has 1 heterocycles. The van der Waals surface area contributed by atoms with Gasteiger partial charge in [-0.25, -0.2) is 4.79 Å². The summed E-state index contributed by atoms with van der Waals surface area (Å²) in [7, 11) is 1.32. The normalized spacial score (nSPS) is 25.5. The third-order valence-corrected chi connectivity index (χ3v) is 5.61. The van der Waals surface area contributed by atoms with Crippen LogP contribution in [0.4, 0.5) is 0 Å². The lowest BCUT2D eigenvalue weighted by Crippen LogP contribution is -2.63. The van der Waals surface area contributed by atoms with Crippen LogP contribution in [0.2, 0.25) is 0 Å². The summed E-state index contributed by atoms with van der Waals surface area (Å²) in [6, 6.07) is 8.18. The molecule has 0 aromatic heterocycles. The third kappa shape index (κ3) is 7.48. The van der Waals surface area contributed by atoms with E-state index in [1.807, 2.05) is 0 Å². The van der Waals surface area contributed by atoms with Crippen LogP contribution in [-0.2, 0) is 33.3 Å². The zero-order valence-corrected chi connectivity index (χ0v) is 20.3. The number of carbonyl (C=O) groups excluding carboxylic acids is 3. The van der Waals surface area contributed by atoms with Gasteiger partial charge in [-0.15, -0.1) is 13.2 Å². The molecule has 0 spiro atoms. The molecule has 1 aromatic rings. The van der Waals surface area contributed by atoms with Gasteiger partial charge in [-0.1, -0.05) is 44.2 Å². The Labute approximate surface area is 205 Å². The molecule has 0 unspecified atom stereocenters. The first-order chi connectivity index (χ1) is 16.8. The molecule has 1 aromatic carbocycles. The molecule has 1 fully saturated rings. The highest BCUT2D eigenvalue weighted by Gasteiger charge is 2.53. The van der Waals surface area contributed by atoms with Crippen LogP contribution in [0.5, 0.6) is 0 Å².